The lowest BCUT2D eigenvalue weighted by Crippen LogP contribution is -2.42. The average molecular weight is 251 g/mol. The Kier molecular flexibility index (Phi) is 4.02. The van der Waals surface area contributed by atoms with E-state index in [4.69, 9.17) is 4.42 Å². The van der Waals surface area contributed by atoms with Crippen molar-refractivity contribution in [2.24, 2.45) is 5.92 Å². The highest BCUT2D eigenvalue weighted by Gasteiger charge is 2.30. The zero-order valence-electron chi connectivity index (χ0n) is 10.1. The quantitative estimate of drug-likeness (QED) is 0.806. The van der Waals surface area contributed by atoms with Crippen molar-refractivity contribution in [2.75, 3.05) is 0 Å². The summed E-state index contributed by atoms with van der Waals surface area (Å²) in [6.45, 7) is 0. The molecule has 5 nitrogen and oxygen atoms in total. The van der Waals surface area contributed by atoms with Gasteiger partial charge in [-0.1, -0.05) is 19.3 Å². The van der Waals surface area contributed by atoms with E-state index in [1.54, 1.807) is 6.07 Å². The molecule has 98 valence electrons. The Labute approximate surface area is 105 Å². The van der Waals surface area contributed by atoms with Crippen LogP contribution in [0.2, 0.25) is 0 Å². The van der Waals surface area contributed by atoms with E-state index in [9.17, 15) is 14.7 Å². The van der Waals surface area contributed by atoms with Crippen LogP contribution in [0.4, 0.5) is 0 Å². The summed E-state index contributed by atoms with van der Waals surface area (Å²) in [5.74, 6) is -1.57. The maximum atomic E-state index is 11.9. The summed E-state index contributed by atoms with van der Waals surface area (Å²) < 4.78 is 4.85. The normalized spacial score (nSPS) is 24.2. The van der Waals surface area contributed by atoms with Crippen LogP contribution in [0.15, 0.2) is 23.0 Å². The monoisotopic (exact) mass is 251 g/mol. The third-order valence-electron chi connectivity index (χ3n) is 3.43. The third-order valence-corrected chi connectivity index (χ3v) is 3.43. The number of carboxylic acids is 1. The average Bonchev–Trinajstić information content (AvgIpc) is 2.77. The van der Waals surface area contributed by atoms with Crippen LogP contribution in [0.3, 0.4) is 0 Å². The van der Waals surface area contributed by atoms with Gasteiger partial charge in [-0.05, 0) is 18.9 Å². The number of amides is 1. The van der Waals surface area contributed by atoms with Gasteiger partial charge >= 0.3 is 5.97 Å². The van der Waals surface area contributed by atoms with Gasteiger partial charge in [0.2, 0.25) is 0 Å². The van der Waals surface area contributed by atoms with Crippen molar-refractivity contribution in [2.45, 2.75) is 38.1 Å². The minimum atomic E-state index is -0.825. The molecule has 1 aromatic rings. The molecule has 0 unspecified atom stereocenters. The van der Waals surface area contributed by atoms with Crippen molar-refractivity contribution < 1.29 is 19.1 Å². The lowest BCUT2D eigenvalue weighted by atomic mass is 9.94. The highest BCUT2D eigenvalue weighted by atomic mass is 16.4. The predicted octanol–water partition coefficient (Wildman–Crippen LogP) is 2.04. The molecule has 2 rings (SSSR count). The Morgan fingerprint density at radius 1 is 1.28 bits per heavy atom. The van der Waals surface area contributed by atoms with Crippen LogP contribution in [0, 0.1) is 5.92 Å². The molecule has 1 aromatic heterocycles. The van der Waals surface area contributed by atoms with E-state index in [0.29, 0.717) is 12.0 Å². The number of hydrogen-bond donors (Lipinski definition) is 2. The zero-order chi connectivity index (χ0) is 13.0. The standard InChI is InChI=1S/C13H17NO4/c15-12(9-6-7-18-8-9)14-11-5-3-1-2-4-10(11)13(16)17/h6-8,10-11H,1-5H2,(H,14,15)(H,16,17)/t10-,11+/m0/s1. The largest absolute Gasteiger partial charge is 0.481 e. The lowest BCUT2D eigenvalue weighted by Gasteiger charge is -2.22. The maximum absolute atomic E-state index is 11.9. The summed E-state index contributed by atoms with van der Waals surface area (Å²) in [6.07, 6.45) is 7.04. The summed E-state index contributed by atoms with van der Waals surface area (Å²) in [7, 11) is 0. The fourth-order valence-corrected chi connectivity index (χ4v) is 2.42. The number of carbonyl (C=O) groups is 2. The van der Waals surface area contributed by atoms with Gasteiger partial charge in [0.25, 0.3) is 5.91 Å². The number of aliphatic carboxylic acids is 1. The highest BCUT2D eigenvalue weighted by Crippen LogP contribution is 2.24. The van der Waals surface area contributed by atoms with Gasteiger partial charge in [0.05, 0.1) is 17.7 Å². The molecule has 1 saturated carbocycles. The van der Waals surface area contributed by atoms with E-state index in [0.717, 1.165) is 25.7 Å². The number of furan rings is 1. The number of carboxylic acid groups (broad SMARTS) is 1. The molecule has 2 N–H and O–H groups in total. The minimum absolute atomic E-state index is 0.262. The van der Waals surface area contributed by atoms with E-state index in [1.165, 1.54) is 12.5 Å². The van der Waals surface area contributed by atoms with Crippen LogP contribution in [0.25, 0.3) is 0 Å². The van der Waals surface area contributed by atoms with Crippen LogP contribution < -0.4 is 5.32 Å². The van der Waals surface area contributed by atoms with Crippen molar-refractivity contribution in [1.29, 1.82) is 0 Å². The Hall–Kier alpha value is -1.78. The lowest BCUT2D eigenvalue weighted by molar-refractivity contribution is -0.142. The first-order chi connectivity index (χ1) is 8.68. The molecule has 0 aliphatic heterocycles. The predicted molar refractivity (Wildman–Crippen MR) is 64.2 cm³/mol. The fourth-order valence-electron chi connectivity index (χ4n) is 2.42. The molecular formula is C13H17NO4. The summed E-state index contributed by atoms with van der Waals surface area (Å²) in [5, 5.41) is 12.0. The molecule has 1 aliphatic rings. The van der Waals surface area contributed by atoms with Crippen LogP contribution in [0.5, 0.6) is 0 Å². The molecule has 0 saturated heterocycles. The van der Waals surface area contributed by atoms with Gasteiger partial charge in [-0.15, -0.1) is 0 Å². The molecule has 18 heavy (non-hydrogen) atoms. The topological polar surface area (TPSA) is 79.5 Å². The number of carbonyl (C=O) groups excluding carboxylic acids is 1. The summed E-state index contributed by atoms with van der Waals surface area (Å²) in [6, 6.07) is 1.29. The molecule has 0 radical (unpaired) electrons. The maximum Gasteiger partial charge on any atom is 0.308 e. The minimum Gasteiger partial charge on any atom is -0.481 e. The van der Waals surface area contributed by atoms with Gasteiger partial charge in [0.1, 0.15) is 6.26 Å². The molecule has 1 fully saturated rings. The van der Waals surface area contributed by atoms with Crippen LogP contribution in [-0.2, 0) is 4.79 Å². The van der Waals surface area contributed by atoms with Gasteiger partial charge in [0.15, 0.2) is 0 Å². The molecule has 1 heterocycles. The van der Waals surface area contributed by atoms with Crippen molar-refractivity contribution in [3.8, 4) is 0 Å². The van der Waals surface area contributed by atoms with Crippen LogP contribution in [-0.4, -0.2) is 23.0 Å². The van der Waals surface area contributed by atoms with Crippen molar-refractivity contribution in [1.82, 2.24) is 5.32 Å². The first-order valence-electron chi connectivity index (χ1n) is 6.24. The van der Waals surface area contributed by atoms with Gasteiger partial charge < -0.3 is 14.8 Å². The summed E-state index contributed by atoms with van der Waals surface area (Å²) in [5.41, 5.74) is 0.434. The molecule has 5 heteroatoms. The summed E-state index contributed by atoms with van der Waals surface area (Å²) >= 11 is 0. The van der Waals surface area contributed by atoms with E-state index >= 15 is 0 Å². The van der Waals surface area contributed by atoms with Gasteiger partial charge in [-0.2, -0.15) is 0 Å². The number of nitrogens with one attached hydrogen (secondary N) is 1. The second-order valence-corrected chi connectivity index (χ2v) is 4.67. The third kappa shape index (κ3) is 2.91. The Morgan fingerprint density at radius 2 is 2.06 bits per heavy atom. The van der Waals surface area contributed by atoms with Crippen molar-refractivity contribution in [3.63, 3.8) is 0 Å². The highest BCUT2D eigenvalue weighted by molar-refractivity contribution is 5.94. The molecule has 0 spiro atoms. The molecule has 2 atom stereocenters. The molecular weight excluding hydrogens is 234 g/mol. The first kappa shape index (κ1) is 12.7. The molecule has 1 amide bonds. The van der Waals surface area contributed by atoms with E-state index in [2.05, 4.69) is 5.32 Å². The van der Waals surface area contributed by atoms with Crippen molar-refractivity contribution >= 4 is 11.9 Å². The van der Waals surface area contributed by atoms with Crippen molar-refractivity contribution in [3.05, 3.63) is 24.2 Å². The first-order valence-corrected chi connectivity index (χ1v) is 6.24. The van der Waals surface area contributed by atoms with E-state index in [-0.39, 0.29) is 11.9 Å². The molecule has 1 aliphatic carbocycles. The number of rotatable bonds is 3. The fraction of sp³-hybridized carbons (Fsp3) is 0.538. The second-order valence-electron chi connectivity index (χ2n) is 4.67. The van der Waals surface area contributed by atoms with Gasteiger partial charge in [-0.3, -0.25) is 9.59 Å². The van der Waals surface area contributed by atoms with Crippen LogP contribution >= 0.6 is 0 Å². The molecule has 0 aromatic carbocycles. The smallest absolute Gasteiger partial charge is 0.308 e. The Balaban J connectivity index is 2.04. The van der Waals surface area contributed by atoms with Gasteiger partial charge in [0, 0.05) is 6.04 Å². The van der Waals surface area contributed by atoms with Crippen LogP contribution in [0.1, 0.15) is 42.5 Å². The van der Waals surface area contributed by atoms with E-state index in [1.807, 2.05) is 0 Å². The Bertz CT molecular complexity index is 413. The van der Waals surface area contributed by atoms with E-state index < -0.39 is 11.9 Å². The zero-order valence-corrected chi connectivity index (χ0v) is 10.1. The molecule has 0 bridgehead atoms. The SMILES string of the molecule is O=C(N[C@@H]1CCCCC[C@@H]1C(=O)O)c1ccoc1. The number of hydrogen-bond acceptors (Lipinski definition) is 3. The Morgan fingerprint density at radius 3 is 2.72 bits per heavy atom. The second kappa shape index (κ2) is 5.71. The summed E-state index contributed by atoms with van der Waals surface area (Å²) in [4.78, 5) is 23.1. The van der Waals surface area contributed by atoms with Gasteiger partial charge in [-0.25, -0.2) is 0 Å².